The summed E-state index contributed by atoms with van der Waals surface area (Å²) in [6.07, 6.45) is 0. The second-order valence-corrected chi connectivity index (χ2v) is 5.94. The van der Waals surface area contributed by atoms with Crippen molar-refractivity contribution in [2.75, 3.05) is 12.4 Å². The number of anilines is 1. The lowest BCUT2D eigenvalue weighted by molar-refractivity contribution is 0.416. The molecule has 1 atom stereocenters. The van der Waals surface area contributed by atoms with Crippen molar-refractivity contribution in [1.82, 2.24) is 0 Å². The highest BCUT2D eigenvalue weighted by Gasteiger charge is 2.09. The van der Waals surface area contributed by atoms with Gasteiger partial charge in [0.15, 0.2) is 0 Å². The molecule has 0 heterocycles. The summed E-state index contributed by atoms with van der Waals surface area (Å²) in [6, 6.07) is 14.2. The van der Waals surface area contributed by atoms with E-state index in [0.29, 0.717) is 5.02 Å². The van der Waals surface area contributed by atoms with Crippen molar-refractivity contribution in [3.8, 4) is 5.75 Å². The number of nitrogens with one attached hydrogen (secondary N) is 1. The van der Waals surface area contributed by atoms with Gasteiger partial charge in [-0.1, -0.05) is 23.7 Å². The van der Waals surface area contributed by atoms with Gasteiger partial charge in [-0.05, 0) is 65.4 Å². The second-order valence-electron chi connectivity index (χ2n) is 4.26. The highest BCUT2D eigenvalue weighted by atomic mass is 127. The van der Waals surface area contributed by atoms with Gasteiger partial charge in [-0.25, -0.2) is 0 Å². The van der Waals surface area contributed by atoms with E-state index in [-0.39, 0.29) is 6.04 Å². The summed E-state index contributed by atoms with van der Waals surface area (Å²) < 4.78 is 6.56. The van der Waals surface area contributed by atoms with Crippen molar-refractivity contribution in [1.29, 1.82) is 0 Å². The van der Waals surface area contributed by atoms with Crippen LogP contribution in [0.25, 0.3) is 0 Å². The molecule has 0 amide bonds. The maximum Gasteiger partial charge on any atom is 0.142 e. The third-order valence-electron chi connectivity index (χ3n) is 2.90. The predicted molar refractivity (Wildman–Crippen MR) is 89.2 cm³/mol. The SMILES string of the molecule is COc1ccc(Cl)cc1NC(C)c1ccc(I)cc1. The Hall–Kier alpha value is -0.940. The van der Waals surface area contributed by atoms with Crippen LogP contribution in [0.5, 0.6) is 5.75 Å². The van der Waals surface area contributed by atoms with E-state index in [1.807, 2.05) is 18.2 Å². The smallest absolute Gasteiger partial charge is 0.142 e. The molecule has 2 aromatic rings. The lowest BCUT2D eigenvalue weighted by Gasteiger charge is -2.18. The number of hydrogen-bond donors (Lipinski definition) is 1. The standard InChI is InChI=1S/C15H15ClINO/c1-10(11-3-6-13(17)7-4-11)18-14-9-12(16)5-8-15(14)19-2/h3-10,18H,1-2H3. The molecule has 2 rings (SSSR count). The van der Waals surface area contributed by atoms with Crippen molar-refractivity contribution in [3.05, 3.63) is 56.6 Å². The average Bonchev–Trinajstić information content (AvgIpc) is 2.39. The first kappa shape index (κ1) is 14.5. The Morgan fingerprint density at radius 1 is 1.16 bits per heavy atom. The van der Waals surface area contributed by atoms with Crippen molar-refractivity contribution in [3.63, 3.8) is 0 Å². The first-order valence-electron chi connectivity index (χ1n) is 5.95. The highest BCUT2D eigenvalue weighted by Crippen LogP contribution is 2.30. The molecular weight excluding hydrogens is 373 g/mol. The van der Waals surface area contributed by atoms with E-state index in [4.69, 9.17) is 16.3 Å². The fourth-order valence-corrected chi connectivity index (χ4v) is 2.39. The third-order valence-corrected chi connectivity index (χ3v) is 3.86. The number of halogens is 2. The van der Waals surface area contributed by atoms with Crippen molar-refractivity contribution < 1.29 is 4.74 Å². The number of methoxy groups -OCH3 is 1. The highest BCUT2D eigenvalue weighted by molar-refractivity contribution is 14.1. The van der Waals surface area contributed by atoms with Gasteiger partial charge in [0.25, 0.3) is 0 Å². The van der Waals surface area contributed by atoms with Gasteiger partial charge in [-0.15, -0.1) is 0 Å². The first-order valence-corrected chi connectivity index (χ1v) is 7.41. The zero-order chi connectivity index (χ0) is 13.8. The zero-order valence-electron chi connectivity index (χ0n) is 10.8. The number of hydrogen-bond acceptors (Lipinski definition) is 2. The Bertz CT molecular complexity index is 557. The van der Waals surface area contributed by atoms with Crippen molar-refractivity contribution in [2.24, 2.45) is 0 Å². The molecule has 4 heteroatoms. The Morgan fingerprint density at radius 2 is 1.84 bits per heavy atom. The van der Waals surface area contributed by atoms with Crippen LogP contribution in [0, 0.1) is 3.57 Å². The normalized spacial score (nSPS) is 12.0. The van der Waals surface area contributed by atoms with Gasteiger partial charge in [-0.3, -0.25) is 0 Å². The fraction of sp³-hybridized carbons (Fsp3) is 0.200. The van der Waals surface area contributed by atoms with E-state index in [2.05, 4.69) is 59.1 Å². The molecule has 19 heavy (non-hydrogen) atoms. The van der Waals surface area contributed by atoms with E-state index < -0.39 is 0 Å². The fourth-order valence-electron chi connectivity index (χ4n) is 1.86. The van der Waals surface area contributed by atoms with Gasteiger partial charge in [0, 0.05) is 14.6 Å². The molecule has 0 saturated heterocycles. The van der Waals surface area contributed by atoms with Gasteiger partial charge < -0.3 is 10.1 Å². The molecule has 1 N–H and O–H groups in total. The van der Waals surface area contributed by atoms with Crippen LogP contribution in [-0.2, 0) is 0 Å². The molecule has 0 aromatic heterocycles. The maximum absolute atomic E-state index is 6.03. The summed E-state index contributed by atoms with van der Waals surface area (Å²) >= 11 is 8.33. The number of rotatable bonds is 4. The molecule has 0 aliphatic rings. The minimum absolute atomic E-state index is 0.185. The van der Waals surface area contributed by atoms with Crippen LogP contribution in [0.2, 0.25) is 5.02 Å². The van der Waals surface area contributed by atoms with Crippen LogP contribution in [0.1, 0.15) is 18.5 Å². The molecule has 0 saturated carbocycles. The molecular formula is C15H15ClINO. The number of ether oxygens (including phenoxy) is 1. The molecule has 0 bridgehead atoms. The topological polar surface area (TPSA) is 21.3 Å². The monoisotopic (exact) mass is 387 g/mol. The van der Waals surface area contributed by atoms with Gasteiger partial charge in [0.1, 0.15) is 5.75 Å². The summed E-state index contributed by atoms with van der Waals surface area (Å²) in [5.41, 5.74) is 2.13. The lowest BCUT2D eigenvalue weighted by Crippen LogP contribution is -2.07. The molecule has 2 nitrogen and oxygen atoms in total. The van der Waals surface area contributed by atoms with E-state index in [0.717, 1.165) is 11.4 Å². The molecule has 0 aliphatic heterocycles. The molecule has 1 unspecified atom stereocenters. The van der Waals surface area contributed by atoms with E-state index in [1.165, 1.54) is 9.13 Å². The molecule has 0 spiro atoms. The lowest BCUT2D eigenvalue weighted by atomic mass is 10.1. The van der Waals surface area contributed by atoms with Crippen molar-refractivity contribution in [2.45, 2.75) is 13.0 Å². The summed E-state index contributed by atoms with van der Waals surface area (Å²) in [5, 5.41) is 4.12. The molecule has 2 aromatic carbocycles. The van der Waals surface area contributed by atoms with Crippen LogP contribution >= 0.6 is 34.2 Å². The maximum atomic E-state index is 6.03. The Kier molecular flexibility index (Phi) is 4.93. The summed E-state index contributed by atoms with van der Waals surface area (Å²) in [6.45, 7) is 2.11. The number of benzene rings is 2. The average molecular weight is 388 g/mol. The molecule has 0 fully saturated rings. The Morgan fingerprint density at radius 3 is 2.47 bits per heavy atom. The predicted octanol–water partition coefficient (Wildman–Crippen LogP) is 5.13. The van der Waals surface area contributed by atoms with E-state index >= 15 is 0 Å². The summed E-state index contributed by atoms with van der Waals surface area (Å²) in [5.74, 6) is 0.793. The van der Waals surface area contributed by atoms with Crippen LogP contribution in [0.15, 0.2) is 42.5 Å². The molecule has 100 valence electrons. The zero-order valence-corrected chi connectivity index (χ0v) is 13.7. The minimum Gasteiger partial charge on any atom is -0.495 e. The summed E-state index contributed by atoms with van der Waals surface area (Å²) in [7, 11) is 1.66. The Labute approximate surface area is 132 Å². The molecule has 0 radical (unpaired) electrons. The molecule has 0 aliphatic carbocycles. The van der Waals surface area contributed by atoms with Gasteiger partial charge >= 0.3 is 0 Å². The minimum atomic E-state index is 0.185. The largest absolute Gasteiger partial charge is 0.495 e. The van der Waals surface area contributed by atoms with E-state index in [1.54, 1.807) is 7.11 Å². The van der Waals surface area contributed by atoms with Gasteiger partial charge in [-0.2, -0.15) is 0 Å². The Balaban J connectivity index is 2.20. The third kappa shape index (κ3) is 3.76. The van der Waals surface area contributed by atoms with E-state index in [9.17, 15) is 0 Å². The van der Waals surface area contributed by atoms with Crippen LogP contribution in [0.3, 0.4) is 0 Å². The summed E-state index contributed by atoms with van der Waals surface area (Å²) in [4.78, 5) is 0. The van der Waals surface area contributed by atoms with Crippen LogP contribution < -0.4 is 10.1 Å². The van der Waals surface area contributed by atoms with Crippen LogP contribution in [0.4, 0.5) is 5.69 Å². The second kappa shape index (κ2) is 6.48. The van der Waals surface area contributed by atoms with Crippen LogP contribution in [-0.4, -0.2) is 7.11 Å². The quantitative estimate of drug-likeness (QED) is 0.735. The van der Waals surface area contributed by atoms with Crippen molar-refractivity contribution >= 4 is 39.9 Å². The first-order chi connectivity index (χ1) is 9.10. The van der Waals surface area contributed by atoms with Gasteiger partial charge in [0.05, 0.1) is 12.8 Å². The van der Waals surface area contributed by atoms with Gasteiger partial charge in [0.2, 0.25) is 0 Å².